The van der Waals surface area contributed by atoms with Gasteiger partial charge in [0.1, 0.15) is 0 Å². The van der Waals surface area contributed by atoms with Gasteiger partial charge in [-0.3, -0.25) is 4.79 Å². The number of aryl methyl sites for hydroxylation is 1. The fourth-order valence-corrected chi connectivity index (χ4v) is 1.53. The highest BCUT2D eigenvalue weighted by atomic mass is 16.5. The molecule has 5 nitrogen and oxygen atoms in total. The zero-order chi connectivity index (χ0) is 14.4. The number of ether oxygens (including phenoxy) is 1. The molecule has 1 aromatic rings. The Morgan fingerprint density at radius 1 is 1.42 bits per heavy atom. The quantitative estimate of drug-likeness (QED) is 0.626. The van der Waals surface area contributed by atoms with E-state index in [1.807, 2.05) is 19.9 Å². The molecule has 0 fully saturated rings. The highest BCUT2D eigenvalue weighted by Gasteiger charge is 2.20. The number of anilines is 1. The summed E-state index contributed by atoms with van der Waals surface area (Å²) < 4.78 is 5.10. The van der Waals surface area contributed by atoms with Crippen LogP contribution in [0.5, 0.6) is 0 Å². The summed E-state index contributed by atoms with van der Waals surface area (Å²) in [5, 5.41) is 2.67. The van der Waals surface area contributed by atoms with Crippen molar-refractivity contribution in [2.45, 2.75) is 33.3 Å². The molecule has 0 radical (unpaired) electrons. The molecule has 1 rings (SSSR count). The molecule has 0 saturated heterocycles. The molecule has 0 aliphatic rings. The van der Waals surface area contributed by atoms with Crippen LogP contribution in [0.15, 0.2) is 18.2 Å². The first kappa shape index (κ1) is 15.0. The number of nitrogens with two attached hydrogens (primary N) is 1. The van der Waals surface area contributed by atoms with Gasteiger partial charge in [-0.15, -0.1) is 0 Å². The number of nitrogens with one attached hydrogen (secondary N) is 1. The minimum absolute atomic E-state index is 0.287. The number of benzene rings is 1. The number of hydrogen-bond acceptors (Lipinski definition) is 4. The van der Waals surface area contributed by atoms with E-state index >= 15 is 0 Å². The lowest BCUT2D eigenvalue weighted by molar-refractivity contribution is -0.129. The van der Waals surface area contributed by atoms with Gasteiger partial charge in [-0.2, -0.15) is 0 Å². The normalized spacial score (nSPS) is 11.7. The minimum Gasteiger partial charge on any atom is -0.449 e. The average Bonchev–Trinajstić information content (AvgIpc) is 2.38. The Morgan fingerprint density at radius 3 is 2.74 bits per heavy atom. The van der Waals surface area contributed by atoms with Gasteiger partial charge in [-0.25, -0.2) is 4.79 Å². The highest BCUT2D eigenvalue weighted by Crippen LogP contribution is 2.17. The summed E-state index contributed by atoms with van der Waals surface area (Å²) in [5.74, 6) is -0.887. The molecule has 0 heterocycles. The van der Waals surface area contributed by atoms with E-state index in [-0.39, 0.29) is 11.5 Å². The van der Waals surface area contributed by atoms with Crippen molar-refractivity contribution in [1.82, 2.24) is 5.32 Å². The Labute approximate surface area is 113 Å². The first-order valence-corrected chi connectivity index (χ1v) is 6.31. The molecule has 0 aromatic heterocycles. The van der Waals surface area contributed by atoms with E-state index in [1.54, 1.807) is 12.1 Å². The second-order valence-electron chi connectivity index (χ2n) is 4.37. The van der Waals surface area contributed by atoms with E-state index in [1.165, 1.54) is 6.92 Å². The van der Waals surface area contributed by atoms with Crippen LogP contribution in [0.3, 0.4) is 0 Å². The Bertz CT molecular complexity index is 472. The first-order valence-electron chi connectivity index (χ1n) is 6.31. The van der Waals surface area contributed by atoms with Crippen molar-refractivity contribution in [3.63, 3.8) is 0 Å². The Kier molecular flexibility index (Phi) is 5.36. The number of esters is 1. The first-order chi connectivity index (χ1) is 8.97. The molecule has 0 aliphatic carbocycles. The molecule has 1 atom stereocenters. The number of amides is 1. The molecule has 3 N–H and O–H groups in total. The van der Waals surface area contributed by atoms with Crippen molar-refractivity contribution in [1.29, 1.82) is 0 Å². The van der Waals surface area contributed by atoms with Gasteiger partial charge in [0.2, 0.25) is 0 Å². The van der Waals surface area contributed by atoms with Crippen LogP contribution in [-0.4, -0.2) is 24.5 Å². The summed E-state index contributed by atoms with van der Waals surface area (Å²) in [5.41, 5.74) is 7.29. The van der Waals surface area contributed by atoms with Crippen molar-refractivity contribution in [2.75, 3.05) is 12.3 Å². The Morgan fingerprint density at radius 2 is 2.11 bits per heavy atom. The van der Waals surface area contributed by atoms with Gasteiger partial charge in [0.15, 0.2) is 6.10 Å². The summed E-state index contributed by atoms with van der Waals surface area (Å²) in [7, 11) is 0. The van der Waals surface area contributed by atoms with Crippen molar-refractivity contribution >= 4 is 17.6 Å². The van der Waals surface area contributed by atoms with Crippen molar-refractivity contribution in [2.24, 2.45) is 0 Å². The summed E-state index contributed by atoms with van der Waals surface area (Å²) >= 11 is 0. The third-order valence-electron chi connectivity index (χ3n) is 2.75. The van der Waals surface area contributed by atoms with Gasteiger partial charge in [0.25, 0.3) is 5.91 Å². The van der Waals surface area contributed by atoms with E-state index in [9.17, 15) is 9.59 Å². The third-order valence-corrected chi connectivity index (χ3v) is 2.75. The molecule has 1 amide bonds. The monoisotopic (exact) mass is 264 g/mol. The van der Waals surface area contributed by atoms with E-state index in [0.717, 1.165) is 12.0 Å². The van der Waals surface area contributed by atoms with Gasteiger partial charge in [0.05, 0.1) is 5.56 Å². The predicted molar refractivity (Wildman–Crippen MR) is 73.8 cm³/mol. The second kappa shape index (κ2) is 6.78. The number of carbonyl (C=O) groups excluding carboxylic acids is 2. The Balaban J connectivity index is 2.69. The highest BCUT2D eigenvalue weighted by molar-refractivity contribution is 5.97. The molecule has 0 saturated carbocycles. The van der Waals surface area contributed by atoms with Crippen LogP contribution in [0.2, 0.25) is 0 Å². The number of para-hydroxylation sites is 1. The molecule has 104 valence electrons. The Hall–Kier alpha value is -2.04. The van der Waals surface area contributed by atoms with E-state index < -0.39 is 12.1 Å². The smallest absolute Gasteiger partial charge is 0.341 e. The number of hydrogen-bond donors (Lipinski definition) is 2. The van der Waals surface area contributed by atoms with Crippen LogP contribution in [0.4, 0.5) is 5.69 Å². The zero-order valence-corrected chi connectivity index (χ0v) is 11.5. The molecule has 1 aromatic carbocycles. The lowest BCUT2D eigenvalue weighted by Crippen LogP contribution is -2.36. The maximum absolute atomic E-state index is 11.9. The fourth-order valence-electron chi connectivity index (χ4n) is 1.53. The van der Waals surface area contributed by atoms with Gasteiger partial charge < -0.3 is 15.8 Å². The van der Waals surface area contributed by atoms with Crippen molar-refractivity contribution in [3.8, 4) is 0 Å². The standard InChI is InChI=1S/C14H20N2O3/c1-4-8-16-13(17)10(3)19-14(18)11-7-5-6-9(2)12(11)15/h5-7,10H,4,8,15H2,1-3H3,(H,16,17)/t10-/m1/s1. The van der Waals surface area contributed by atoms with Gasteiger partial charge in [-0.05, 0) is 31.9 Å². The second-order valence-corrected chi connectivity index (χ2v) is 4.37. The van der Waals surface area contributed by atoms with E-state index in [4.69, 9.17) is 10.5 Å². The summed E-state index contributed by atoms with van der Waals surface area (Å²) in [6.07, 6.45) is -0.00370. The largest absolute Gasteiger partial charge is 0.449 e. The lowest BCUT2D eigenvalue weighted by Gasteiger charge is -2.14. The SMILES string of the molecule is CCCNC(=O)[C@@H](C)OC(=O)c1cccc(C)c1N. The summed E-state index contributed by atoms with van der Waals surface area (Å²) in [6, 6.07) is 5.12. The van der Waals surface area contributed by atoms with Crippen molar-refractivity contribution < 1.29 is 14.3 Å². The van der Waals surface area contributed by atoms with Crippen LogP contribution in [0, 0.1) is 6.92 Å². The van der Waals surface area contributed by atoms with Crippen LogP contribution in [-0.2, 0) is 9.53 Å². The lowest BCUT2D eigenvalue weighted by atomic mass is 10.1. The topological polar surface area (TPSA) is 81.4 Å². The minimum atomic E-state index is -0.834. The molecule has 0 aliphatic heterocycles. The summed E-state index contributed by atoms with van der Waals surface area (Å²) in [4.78, 5) is 23.5. The number of nitrogen functional groups attached to an aromatic ring is 1. The number of rotatable bonds is 5. The molecule has 0 bridgehead atoms. The van der Waals surface area contributed by atoms with Gasteiger partial charge >= 0.3 is 5.97 Å². The van der Waals surface area contributed by atoms with Crippen LogP contribution >= 0.6 is 0 Å². The predicted octanol–water partition coefficient (Wildman–Crippen LogP) is 1.65. The van der Waals surface area contributed by atoms with Crippen molar-refractivity contribution in [3.05, 3.63) is 29.3 Å². The van der Waals surface area contributed by atoms with E-state index in [0.29, 0.717) is 12.2 Å². The molecule has 0 unspecified atom stereocenters. The zero-order valence-electron chi connectivity index (χ0n) is 11.5. The molecular weight excluding hydrogens is 244 g/mol. The van der Waals surface area contributed by atoms with Crippen LogP contribution in [0.1, 0.15) is 36.2 Å². The maximum atomic E-state index is 11.9. The average molecular weight is 264 g/mol. The van der Waals surface area contributed by atoms with Gasteiger partial charge in [-0.1, -0.05) is 19.1 Å². The van der Waals surface area contributed by atoms with Gasteiger partial charge in [0, 0.05) is 12.2 Å². The van der Waals surface area contributed by atoms with Crippen LogP contribution < -0.4 is 11.1 Å². The molecule has 0 spiro atoms. The maximum Gasteiger partial charge on any atom is 0.341 e. The molecule has 19 heavy (non-hydrogen) atoms. The molecular formula is C14H20N2O3. The molecule has 5 heteroatoms. The summed E-state index contributed by atoms with van der Waals surface area (Å²) in [6.45, 7) is 5.86. The number of carbonyl (C=O) groups is 2. The van der Waals surface area contributed by atoms with E-state index in [2.05, 4.69) is 5.32 Å². The fraction of sp³-hybridized carbons (Fsp3) is 0.429. The third kappa shape index (κ3) is 3.98. The van der Waals surface area contributed by atoms with Crippen LogP contribution in [0.25, 0.3) is 0 Å².